The Kier molecular flexibility index (Phi) is 4.35. The maximum Gasteiger partial charge on any atom is 0.313 e. The van der Waals surface area contributed by atoms with E-state index >= 15 is 0 Å². The lowest BCUT2D eigenvalue weighted by molar-refractivity contribution is -0.148. The molecule has 0 spiro atoms. The molecule has 108 valence electrons. The summed E-state index contributed by atoms with van der Waals surface area (Å²) in [5.41, 5.74) is -0.524. The molecular weight excluding hydrogens is 278 g/mol. The minimum absolute atomic E-state index is 0.109. The third-order valence-corrected chi connectivity index (χ3v) is 4.40. The van der Waals surface area contributed by atoms with Crippen molar-refractivity contribution in [3.63, 3.8) is 0 Å². The summed E-state index contributed by atoms with van der Waals surface area (Å²) < 4.78 is 5.23. The second-order valence-electron chi connectivity index (χ2n) is 4.96. The molecule has 0 aliphatic carbocycles. The summed E-state index contributed by atoms with van der Waals surface area (Å²) >= 11 is 1.48. The van der Waals surface area contributed by atoms with Crippen LogP contribution in [-0.4, -0.2) is 42.5 Å². The predicted molar refractivity (Wildman–Crippen MR) is 76.0 cm³/mol. The van der Waals surface area contributed by atoms with Crippen LogP contribution in [0.3, 0.4) is 0 Å². The SMILES string of the molecule is CSc1ccccc1C(=O)NC1COCC1(C)C(=O)O. The van der Waals surface area contributed by atoms with E-state index < -0.39 is 17.4 Å². The number of benzene rings is 1. The maximum absolute atomic E-state index is 12.3. The molecule has 1 aliphatic rings. The molecule has 2 atom stereocenters. The summed E-state index contributed by atoms with van der Waals surface area (Å²) in [6, 6.07) is 6.72. The Labute approximate surface area is 121 Å². The van der Waals surface area contributed by atoms with Gasteiger partial charge in [-0.1, -0.05) is 12.1 Å². The van der Waals surface area contributed by atoms with Gasteiger partial charge in [0.05, 0.1) is 24.8 Å². The van der Waals surface area contributed by atoms with Crippen molar-refractivity contribution in [2.24, 2.45) is 5.41 Å². The van der Waals surface area contributed by atoms with Gasteiger partial charge < -0.3 is 15.2 Å². The number of hydrogen-bond donors (Lipinski definition) is 2. The van der Waals surface area contributed by atoms with Gasteiger partial charge in [-0.2, -0.15) is 0 Å². The van der Waals surface area contributed by atoms with E-state index in [4.69, 9.17) is 4.74 Å². The van der Waals surface area contributed by atoms with Gasteiger partial charge in [0.25, 0.3) is 5.91 Å². The third kappa shape index (κ3) is 2.66. The van der Waals surface area contributed by atoms with Gasteiger partial charge in [-0.25, -0.2) is 0 Å². The fourth-order valence-electron chi connectivity index (χ4n) is 2.15. The van der Waals surface area contributed by atoms with Crippen molar-refractivity contribution in [3.8, 4) is 0 Å². The van der Waals surface area contributed by atoms with Gasteiger partial charge in [-0.15, -0.1) is 11.8 Å². The molecule has 20 heavy (non-hydrogen) atoms. The van der Waals surface area contributed by atoms with Crippen molar-refractivity contribution in [2.75, 3.05) is 19.5 Å². The number of rotatable bonds is 4. The number of carboxylic acids is 1. The molecule has 1 saturated heterocycles. The second kappa shape index (κ2) is 5.85. The predicted octanol–water partition coefficient (Wildman–Crippen LogP) is 1.63. The van der Waals surface area contributed by atoms with Crippen LogP contribution in [0.2, 0.25) is 0 Å². The number of nitrogens with one attached hydrogen (secondary N) is 1. The zero-order chi connectivity index (χ0) is 14.8. The molecule has 1 fully saturated rings. The first-order chi connectivity index (χ1) is 9.49. The van der Waals surface area contributed by atoms with E-state index in [1.807, 2.05) is 18.4 Å². The first kappa shape index (κ1) is 14.9. The van der Waals surface area contributed by atoms with Crippen LogP contribution in [0.25, 0.3) is 0 Å². The monoisotopic (exact) mass is 295 g/mol. The number of carbonyl (C=O) groups excluding carboxylic acids is 1. The quantitative estimate of drug-likeness (QED) is 0.826. The first-order valence-electron chi connectivity index (χ1n) is 6.24. The number of hydrogen-bond acceptors (Lipinski definition) is 4. The lowest BCUT2D eigenvalue weighted by Crippen LogP contribution is -2.49. The minimum Gasteiger partial charge on any atom is -0.481 e. The van der Waals surface area contributed by atoms with Crippen molar-refractivity contribution < 1.29 is 19.4 Å². The normalized spacial score (nSPS) is 25.4. The van der Waals surface area contributed by atoms with E-state index in [-0.39, 0.29) is 19.1 Å². The molecule has 1 heterocycles. The average molecular weight is 295 g/mol. The van der Waals surface area contributed by atoms with Crippen LogP contribution in [0, 0.1) is 5.41 Å². The van der Waals surface area contributed by atoms with Crippen LogP contribution in [0.15, 0.2) is 29.2 Å². The molecule has 2 unspecified atom stereocenters. The van der Waals surface area contributed by atoms with Crippen molar-refractivity contribution in [1.29, 1.82) is 0 Å². The van der Waals surface area contributed by atoms with E-state index in [1.165, 1.54) is 11.8 Å². The van der Waals surface area contributed by atoms with Gasteiger partial charge in [0.2, 0.25) is 0 Å². The Balaban J connectivity index is 2.18. The van der Waals surface area contributed by atoms with Gasteiger partial charge in [-0.05, 0) is 25.3 Å². The summed E-state index contributed by atoms with van der Waals surface area (Å²) in [7, 11) is 0. The lowest BCUT2D eigenvalue weighted by atomic mass is 9.85. The number of aliphatic carboxylic acids is 1. The highest BCUT2D eigenvalue weighted by atomic mass is 32.2. The first-order valence-corrected chi connectivity index (χ1v) is 7.46. The van der Waals surface area contributed by atoms with E-state index in [1.54, 1.807) is 19.1 Å². The van der Waals surface area contributed by atoms with E-state index in [0.717, 1.165) is 4.90 Å². The molecule has 1 aromatic carbocycles. The standard InChI is InChI=1S/C14H17NO4S/c1-14(13(17)18)8-19-7-11(14)15-12(16)9-5-3-4-6-10(9)20-2/h3-6,11H,7-8H2,1-2H3,(H,15,16)(H,17,18). The summed E-state index contributed by atoms with van der Waals surface area (Å²) in [6.07, 6.45) is 1.89. The smallest absolute Gasteiger partial charge is 0.313 e. The van der Waals surface area contributed by atoms with Crippen LogP contribution in [0.1, 0.15) is 17.3 Å². The molecule has 1 aromatic rings. The number of thioether (sulfide) groups is 1. The Hall–Kier alpha value is -1.53. The van der Waals surface area contributed by atoms with Crippen molar-refractivity contribution in [1.82, 2.24) is 5.32 Å². The highest BCUT2D eigenvalue weighted by Crippen LogP contribution is 2.29. The Morgan fingerprint density at radius 1 is 1.45 bits per heavy atom. The third-order valence-electron chi connectivity index (χ3n) is 3.60. The molecule has 0 saturated carbocycles. The summed E-state index contributed by atoms with van der Waals surface area (Å²) in [5.74, 6) is -1.23. The topological polar surface area (TPSA) is 75.6 Å². The fraction of sp³-hybridized carbons (Fsp3) is 0.429. The minimum atomic E-state index is -1.08. The molecule has 2 rings (SSSR count). The van der Waals surface area contributed by atoms with Gasteiger partial charge in [0.1, 0.15) is 5.41 Å². The lowest BCUT2D eigenvalue weighted by Gasteiger charge is -2.25. The maximum atomic E-state index is 12.3. The largest absolute Gasteiger partial charge is 0.481 e. The van der Waals surface area contributed by atoms with Crippen LogP contribution in [0.5, 0.6) is 0 Å². The van der Waals surface area contributed by atoms with Gasteiger partial charge >= 0.3 is 5.97 Å². The van der Waals surface area contributed by atoms with Crippen molar-refractivity contribution in [3.05, 3.63) is 29.8 Å². The average Bonchev–Trinajstić information content (AvgIpc) is 2.81. The second-order valence-corrected chi connectivity index (χ2v) is 5.81. The number of amides is 1. The van der Waals surface area contributed by atoms with Crippen LogP contribution < -0.4 is 5.32 Å². The zero-order valence-electron chi connectivity index (χ0n) is 11.4. The molecule has 1 amide bonds. The highest BCUT2D eigenvalue weighted by molar-refractivity contribution is 7.98. The Bertz CT molecular complexity index is 534. The molecule has 1 aliphatic heterocycles. The number of carboxylic acid groups (broad SMARTS) is 1. The molecular formula is C14H17NO4S. The fourth-order valence-corrected chi connectivity index (χ4v) is 2.75. The summed E-state index contributed by atoms with van der Waals surface area (Å²) in [6.45, 7) is 1.92. The van der Waals surface area contributed by atoms with Crippen molar-refractivity contribution >= 4 is 23.6 Å². The van der Waals surface area contributed by atoms with E-state index in [0.29, 0.717) is 5.56 Å². The molecule has 0 aromatic heterocycles. The molecule has 5 nitrogen and oxygen atoms in total. The van der Waals surface area contributed by atoms with Gasteiger partial charge in [0.15, 0.2) is 0 Å². The highest BCUT2D eigenvalue weighted by Gasteiger charge is 2.47. The summed E-state index contributed by atoms with van der Waals surface area (Å²) in [4.78, 5) is 24.5. The summed E-state index contributed by atoms with van der Waals surface area (Å²) in [5, 5.41) is 12.1. The molecule has 2 N–H and O–H groups in total. The number of carbonyl (C=O) groups is 2. The van der Waals surface area contributed by atoms with Crippen LogP contribution in [-0.2, 0) is 9.53 Å². The van der Waals surface area contributed by atoms with Gasteiger partial charge in [0, 0.05) is 4.90 Å². The van der Waals surface area contributed by atoms with Crippen molar-refractivity contribution in [2.45, 2.75) is 17.9 Å². The van der Waals surface area contributed by atoms with E-state index in [2.05, 4.69) is 5.32 Å². The zero-order valence-corrected chi connectivity index (χ0v) is 12.2. The van der Waals surface area contributed by atoms with Crippen LogP contribution >= 0.6 is 11.8 Å². The van der Waals surface area contributed by atoms with E-state index in [9.17, 15) is 14.7 Å². The Morgan fingerprint density at radius 2 is 2.15 bits per heavy atom. The molecule has 0 bridgehead atoms. The van der Waals surface area contributed by atoms with Crippen LogP contribution in [0.4, 0.5) is 0 Å². The van der Waals surface area contributed by atoms with Gasteiger partial charge in [-0.3, -0.25) is 9.59 Å². The number of ether oxygens (including phenoxy) is 1. The Morgan fingerprint density at radius 3 is 2.80 bits per heavy atom. The molecule has 6 heteroatoms. The molecule has 0 radical (unpaired) electrons.